The van der Waals surface area contributed by atoms with Gasteiger partial charge in [0.2, 0.25) is 0 Å². The first-order chi connectivity index (χ1) is 19.4. The number of piperazine rings is 1. The van der Waals surface area contributed by atoms with Gasteiger partial charge in [-0.3, -0.25) is 4.90 Å². The van der Waals surface area contributed by atoms with Crippen LogP contribution in [0, 0.1) is 0 Å². The van der Waals surface area contributed by atoms with Gasteiger partial charge >= 0.3 is 11.9 Å². The quantitative estimate of drug-likeness (QED) is 0.323. The summed E-state index contributed by atoms with van der Waals surface area (Å²) in [5.74, 6) is -2.69. The number of halogens is 1. The summed E-state index contributed by atoms with van der Waals surface area (Å²) in [6, 6.07) is 12.9. The van der Waals surface area contributed by atoms with Crippen molar-refractivity contribution in [3.8, 4) is 0 Å². The molecule has 0 saturated carbocycles. The van der Waals surface area contributed by atoms with Crippen molar-refractivity contribution in [1.82, 2.24) is 4.90 Å². The first kappa shape index (κ1) is 17.0. The number of carbonyl (C=O) groups is 2. The number of nitrogens with zero attached hydrogens (tertiary/aromatic N) is 2. The summed E-state index contributed by atoms with van der Waals surface area (Å²) in [5, 5.41) is 18.3. The second kappa shape index (κ2) is 12.8. The number of carboxylic acids is 2. The summed E-state index contributed by atoms with van der Waals surface area (Å²) >= 11 is 6.07. The minimum absolute atomic E-state index is 0.319. The van der Waals surface area contributed by atoms with E-state index >= 15 is 0 Å². The van der Waals surface area contributed by atoms with Crippen molar-refractivity contribution in [2.24, 2.45) is 0 Å². The van der Waals surface area contributed by atoms with E-state index < -0.39 is 88.0 Å². The average molecular weight is 500 g/mol. The zero-order valence-corrected chi connectivity index (χ0v) is 19.1. The number of ether oxygens (including phenoxy) is 2. The summed E-state index contributed by atoms with van der Waals surface area (Å²) in [7, 11) is 0. The Hall–Kier alpha value is -2.49. The molecule has 3 rings (SSSR count). The molecular weight excluding hydrogens is 460 g/mol. The Morgan fingerprint density at radius 3 is 1.91 bits per heavy atom. The lowest BCUT2D eigenvalue weighted by Crippen LogP contribution is -2.62. The van der Waals surface area contributed by atoms with E-state index in [4.69, 9.17) is 42.3 Å². The highest BCUT2D eigenvalue weighted by Crippen LogP contribution is 2.31. The van der Waals surface area contributed by atoms with E-state index in [2.05, 4.69) is 0 Å². The fraction of sp³-hybridized carbons (Fsp3) is 0.440. The topological polar surface area (TPSA) is 96.3 Å². The largest absolute Gasteiger partial charge is 0.480 e. The van der Waals surface area contributed by atoms with Gasteiger partial charge in [-0.05, 0) is 23.3 Å². The Labute approximate surface area is 216 Å². The average Bonchev–Trinajstić information content (AvgIpc) is 2.90. The molecule has 1 aliphatic rings. The molecule has 1 saturated heterocycles. The Morgan fingerprint density at radius 2 is 1.41 bits per heavy atom. The summed E-state index contributed by atoms with van der Waals surface area (Å²) in [6.45, 7) is -17.1. The standard InChI is InChI=1S/C25H31ClN2O6/c26-22-8-6-21(7-9-22)25(20-4-2-1-3-5-20)27-10-12-28(13-11-27,14-16-33-18-23(29)30)15-17-34-19-24(31)32/h1-9,25H,10-19H2,(H-,29,30,31,32)/p+1/i10D2,11D2,12D2,13D2. The third-order valence-corrected chi connectivity index (χ3v) is 5.27. The number of quaternary nitrogens is 1. The zero-order chi connectivity index (χ0) is 31.6. The van der Waals surface area contributed by atoms with E-state index in [9.17, 15) is 9.59 Å². The summed E-state index contributed by atoms with van der Waals surface area (Å²) < 4.78 is 81.7. The van der Waals surface area contributed by atoms with Gasteiger partial charge in [0.05, 0.1) is 37.7 Å². The Balaban J connectivity index is 2.23. The van der Waals surface area contributed by atoms with Gasteiger partial charge in [-0.1, -0.05) is 54.1 Å². The second-order valence-electron chi connectivity index (χ2n) is 7.49. The van der Waals surface area contributed by atoms with Gasteiger partial charge < -0.3 is 24.2 Å². The van der Waals surface area contributed by atoms with Crippen LogP contribution in [0.4, 0.5) is 0 Å². The minimum atomic E-state index is -3.24. The van der Waals surface area contributed by atoms with Gasteiger partial charge in [0.15, 0.2) is 0 Å². The summed E-state index contributed by atoms with van der Waals surface area (Å²) in [4.78, 5) is 22.5. The first-order valence-corrected chi connectivity index (χ1v) is 10.9. The van der Waals surface area contributed by atoms with Gasteiger partial charge in [-0.25, -0.2) is 9.59 Å². The van der Waals surface area contributed by atoms with Crippen molar-refractivity contribution in [2.45, 2.75) is 6.04 Å². The Kier molecular flexibility index (Phi) is 6.42. The van der Waals surface area contributed by atoms with Crippen molar-refractivity contribution in [3.63, 3.8) is 0 Å². The molecule has 1 fully saturated rings. The highest BCUT2D eigenvalue weighted by atomic mass is 35.5. The van der Waals surface area contributed by atoms with Crippen LogP contribution in [0.25, 0.3) is 0 Å². The molecule has 8 nitrogen and oxygen atoms in total. The maximum Gasteiger partial charge on any atom is 0.329 e. The van der Waals surface area contributed by atoms with Gasteiger partial charge in [0.1, 0.15) is 26.3 Å². The maximum atomic E-state index is 11.0. The lowest BCUT2D eigenvalue weighted by atomic mass is 9.96. The van der Waals surface area contributed by atoms with E-state index in [0.717, 1.165) is 0 Å². The highest BCUT2D eigenvalue weighted by molar-refractivity contribution is 6.30. The summed E-state index contributed by atoms with van der Waals surface area (Å²) in [5.41, 5.74) is 0.674. The van der Waals surface area contributed by atoms with Gasteiger partial charge in [0.25, 0.3) is 0 Å². The van der Waals surface area contributed by atoms with E-state index in [-0.39, 0.29) is 0 Å². The molecule has 1 aliphatic heterocycles. The van der Waals surface area contributed by atoms with Crippen LogP contribution < -0.4 is 0 Å². The van der Waals surface area contributed by atoms with Crippen LogP contribution in [-0.4, -0.2) is 97.0 Å². The second-order valence-corrected chi connectivity index (χ2v) is 7.93. The number of benzene rings is 2. The molecule has 1 atom stereocenters. The van der Waals surface area contributed by atoms with Crippen molar-refractivity contribution in [1.29, 1.82) is 0 Å². The van der Waals surface area contributed by atoms with E-state index in [0.29, 0.717) is 21.0 Å². The van der Waals surface area contributed by atoms with Crippen molar-refractivity contribution < 1.29 is 44.7 Å². The van der Waals surface area contributed by atoms with Crippen LogP contribution in [0.5, 0.6) is 0 Å². The molecule has 184 valence electrons. The molecule has 2 aromatic carbocycles. The number of carboxylic acid groups (broad SMARTS) is 2. The van der Waals surface area contributed by atoms with Crippen LogP contribution in [0.2, 0.25) is 5.02 Å². The fourth-order valence-corrected chi connectivity index (χ4v) is 3.48. The molecule has 0 aromatic heterocycles. The normalized spacial score (nSPS) is 26.1. The van der Waals surface area contributed by atoms with Crippen molar-refractivity contribution >= 4 is 23.5 Å². The molecule has 9 heteroatoms. The molecule has 0 radical (unpaired) electrons. The van der Waals surface area contributed by atoms with Crippen LogP contribution in [-0.2, 0) is 19.1 Å². The zero-order valence-electron chi connectivity index (χ0n) is 26.3. The van der Waals surface area contributed by atoms with Crippen LogP contribution in [0.15, 0.2) is 54.6 Å². The maximum absolute atomic E-state index is 11.0. The third-order valence-electron chi connectivity index (χ3n) is 5.01. The van der Waals surface area contributed by atoms with E-state index in [1.54, 1.807) is 30.3 Å². The SMILES string of the molecule is [2H]C1([2H])N(C(c2ccccc2)c2ccc(Cl)cc2)C([2H])([2H])C([2H])([2H])[N+](CCOCC(=O)O)(CCOCC(=O)O)C1([2H])[2H]. The van der Waals surface area contributed by atoms with Crippen LogP contribution in [0.3, 0.4) is 0 Å². The van der Waals surface area contributed by atoms with E-state index in [1.165, 1.54) is 24.3 Å². The molecule has 34 heavy (non-hydrogen) atoms. The minimum Gasteiger partial charge on any atom is -0.480 e. The summed E-state index contributed by atoms with van der Waals surface area (Å²) in [6.07, 6.45) is 0. The Bertz CT molecular complexity index is 1200. The smallest absolute Gasteiger partial charge is 0.329 e. The first-order valence-electron chi connectivity index (χ1n) is 14.5. The number of hydrogen-bond acceptors (Lipinski definition) is 5. The van der Waals surface area contributed by atoms with Crippen LogP contribution >= 0.6 is 11.6 Å². The van der Waals surface area contributed by atoms with E-state index in [1.807, 2.05) is 0 Å². The molecule has 0 aliphatic carbocycles. The molecule has 2 N–H and O–H groups in total. The van der Waals surface area contributed by atoms with Crippen molar-refractivity contribution in [3.05, 3.63) is 70.7 Å². The molecule has 2 aromatic rings. The van der Waals surface area contributed by atoms with Gasteiger partial charge in [0, 0.05) is 23.5 Å². The lowest BCUT2D eigenvalue weighted by molar-refractivity contribution is -0.932. The molecule has 0 amide bonds. The Morgan fingerprint density at radius 1 is 0.912 bits per heavy atom. The predicted molar refractivity (Wildman–Crippen MR) is 128 cm³/mol. The van der Waals surface area contributed by atoms with Gasteiger partial charge in [-0.2, -0.15) is 0 Å². The monoisotopic (exact) mass is 499 g/mol. The molecule has 1 unspecified atom stereocenters. The van der Waals surface area contributed by atoms with Crippen LogP contribution in [0.1, 0.15) is 28.1 Å². The molecule has 0 bridgehead atoms. The van der Waals surface area contributed by atoms with Gasteiger partial charge in [-0.15, -0.1) is 0 Å². The number of hydrogen-bond donors (Lipinski definition) is 2. The number of rotatable bonds is 13. The molecule has 0 spiro atoms. The van der Waals surface area contributed by atoms with Crippen molar-refractivity contribution in [2.75, 3.05) is 65.5 Å². The number of aliphatic carboxylic acids is 2. The highest BCUT2D eigenvalue weighted by Gasteiger charge is 2.36. The fourth-order valence-electron chi connectivity index (χ4n) is 3.35. The molecular formula is C25H32ClN2O6+. The third kappa shape index (κ3) is 7.78. The predicted octanol–water partition coefficient (Wildman–Crippen LogP) is 2.76. The molecule has 1 heterocycles. The lowest BCUT2D eigenvalue weighted by Gasteiger charge is -2.47.